The SMILES string of the molecule is Cc1nn(-c2ccccc2)c2c1C(C(C)C)N(C1CCCN([S+](=O)([O-])c3c(C)noc3C)C1)C2=O. The normalized spacial score (nSPS) is 22.6. The maximum absolute atomic E-state index is 14.0. The second-order valence-corrected chi connectivity index (χ2v) is 11.7. The summed E-state index contributed by atoms with van der Waals surface area (Å²) in [5.74, 6) is 0.333. The Hall–Kier alpha value is -2.82. The van der Waals surface area contributed by atoms with Crippen LogP contribution in [0.5, 0.6) is 0 Å². The minimum Gasteiger partial charge on any atom is -0.593 e. The molecule has 1 aromatic carbocycles. The standard InChI is InChI=1S/C25H31N5O4S/c1-15(2)22-21-16(3)26-30(19-10-7-6-8-11-19)23(21)25(31)29(22)20-12-9-13-28(14-20)35(32,33)24-17(4)27-34-18(24)5/h6-8,10-11,15,20,22H,9,12-14H2,1-5H3. The molecule has 3 unspecified atom stereocenters. The molecule has 2 aromatic heterocycles. The lowest BCUT2D eigenvalue weighted by Crippen LogP contribution is -2.53. The fourth-order valence-electron chi connectivity index (χ4n) is 5.63. The average Bonchev–Trinajstić information content (AvgIpc) is 3.46. The van der Waals surface area contributed by atoms with E-state index in [1.807, 2.05) is 42.2 Å². The molecule has 10 heteroatoms. The Morgan fingerprint density at radius 2 is 1.86 bits per heavy atom. The zero-order valence-corrected chi connectivity index (χ0v) is 21.5. The molecule has 0 spiro atoms. The van der Waals surface area contributed by atoms with Gasteiger partial charge in [0.25, 0.3) is 5.91 Å². The zero-order valence-electron chi connectivity index (χ0n) is 20.7. The number of aromatic nitrogens is 3. The van der Waals surface area contributed by atoms with Gasteiger partial charge < -0.3 is 14.0 Å². The van der Waals surface area contributed by atoms with E-state index in [4.69, 9.17) is 9.62 Å². The molecular weight excluding hydrogens is 466 g/mol. The molecule has 0 N–H and O–H groups in total. The first-order chi connectivity index (χ1) is 16.6. The molecule has 5 rings (SSSR count). The van der Waals surface area contributed by atoms with Gasteiger partial charge in [-0.2, -0.15) is 5.10 Å². The number of carbonyl (C=O) groups is 1. The third kappa shape index (κ3) is 3.75. The van der Waals surface area contributed by atoms with Crippen LogP contribution in [-0.4, -0.2) is 53.7 Å². The molecule has 0 saturated carbocycles. The summed E-state index contributed by atoms with van der Waals surface area (Å²) in [5.41, 5.74) is 3.54. The number of piperidine rings is 1. The number of sulfonamides is 1. The van der Waals surface area contributed by atoms with Crippen molar-refractivity contribution in [3.05, 3.63) is 58.7 Å². The van der Waals surface area contributed by atoms with Crippen LogP contribution in [0.2, 0.25) is 0 Å². The van der Waals surface area contributed by atoms with E-state index in [0.29, 0.717) is 24.4 Å². The summed E-state index contributed by atoms with van der Waals surface area (Å²) in [6.45, 7) is 10.0. The number of amides is 1. The van der Waals surface area contributed by atoms with Gasteiger partial charge in [0.1, 0.15) is 11.4 Å². The fourth-order valence-corrected chi connectivity index (χ4v) is 7.44. The lowest BCUT2D eigenvalue weighted by Gasteiger charge is -2.41. The Bertz CT molecular complexity index is 1300. The van der Waals surface area contributed by atoms with Crippen LogP contribution < -0.4 is 0 Å². The molecule has 3 aromatic rings. The molecule has 9 nitrogen and oxygen atoms in total. The Balaban J connectivity index is 1.52. The van der Waals surface area contributed by atoms with Crippen LogP contribution in [-0.2, 0) is 14.6 Å². The first kappa shape index (κ1) is 23.9. The van der Waals surface area contributed by atoms with E-state index in [-0.39, 0.29) is 41.1 Å². The Kier molecular flexibility index (Phi) is 5.93. The summed E-state index contributed by atoms with van der Waals surface area (Å²) in [5, 5.41) is 8.55. The lowest BCUT2D eigenvalue weighted by atomic mass is 9.94. The van der Waals surface area contributed by atoms with Gasteiger partial charge in [0.05, 0.1) is 24.0 Å². The highest BCUT2D eigenvalue weighted by molar-refractivity contribution is 7.95. The number of carbonyl (C=O) groups excluding carboxylic acids is 1. The molecule has 35 heavy (non-hydrogen) atoms. The van der Waals surface area contributed by atoms with Gasteiger partial charge in [0.15, 0.2) is 16.2 Å². The van der Waals surface area contributed by atoms with Crippen LogP contribution in [0.1, 0.15) is 65.9 Å². The number of hydrogen-bond acceptors (Lipinski definition) is 6. The van der Waals surface area contributed by atoms with Gasteiger partial charge in [-0.1, -0.05) is 41.4 Å². The molecule has 0 aliphatic carbocycles. The van der Waals surface area contributed by atoms with Crippen LogP contribution in [0.3, 0.4) is 0 Å². The molecule has 2 aliphatic heterocycles. The minimum absolute atomic E-state index is 0.0928. The summed E-state index contributed by atoms with van der Waals surface area (Å²) < 4.78 is 35.4. The fraction of sp³-hybridized carbons (Fsp3) is 0.480. The molecule has 1 fully saturated rings. The predicted molar refractivity (Wildman–Crippen MR) is 130 cm³/mol. The van der Waals surface area contributed by atoms with Crippen molar-refractivity contribution in [3.63, 3.8) is 0 Å². The highest BCUT2D eigenvalue weighted by Crippen LogP contribution is 2.44. The molecule has 4 heterocycles. The van der Waals surface area contributed by atoms with E-state index in [0.717, 1.165) is 23.4 Å². The summed E-state index contributed by atoms with van der Waals surface area (Å²) >= 11 is 0. The highest BCUT2D eigenvalue weighted by atomic mass is 32.3. The molecule has 1 amide bonds. The van der Waals surface area contributed by atoms with Gasteiger partial charge in [0, 0.05) is 25.1 Å². The maximum Gasteiger partial charge on any atom is 0.273 e. The van der Waals surface area contributed by atoms with Crippen molar-refractivity contribution in [2.24, 2.45) is 5.92 Å². The van der Waals surface area contributed by atoms with Crippen LogP contribution in [0.15, 0.2) is 39.8 Å². The van der Waals surface area contributed by atoms with Gasteiger partial charge in [-0.3, -0.25) is 4.79 Å². The molecule has 0 radical (unpaired) electrons. The molecule has 0 bridgehead atoms. The number of aryl methyl sites for hydroxylation is 3. The Morgan fingerprint density at radius 1 is 1.14 bits per heavy atom. The molecule has 2 aliphatic rings. The second kappa shape index (κ2) is 8.69. The van der Waals surface area contributed by atoms with Gasteiger partial charge in [-0.15, -0.1) is 4.31 Å². The monoisotopic (exact) mass is 497 g/mol. The number of nitrogens with zero attached hydrogens (tertiary/aromatic N) is 5. The first-order valence-electron chi connectivity index (χ1n) is 12.0. The molecule has 1 saturated heterocycles. The second-order valence-electron chi connectivity index (χ2n) is 9.81. The molecular formula is C25H31N5O4S. The smallest absolute Gasteiger partial charge is 0.273 e. The van der Waals surface area contributed by atoms with Gasteiger partial charge in [-0.05, 0) is 44.7 Å². The van der Waals surface area contributed by atoms with Crippen LogP contribution in [0.4, 0.5) is 0 Å². The van der Waals surface area contributed by atoms with Gasteiger partial charge >= 0.3 is 0 Å². The first-order valence-corrected chi connectivity index (χ1v) is 13.5. The van der Waals surface area contributed by atoms with Crippen molar-refractivity contribution in [3.8, 4) is 5.69 Å². The predicted octanol–water partition coefficient (Wildman–Crippen LogP) is 4.01. The van der Waals surface area contributed by atoms with Crippen molar-refractivity contribution in [1.29, 1.82) is 0 Å². The van der Waals surface area contributed by atoms with Crippen molar-refractivity contribution >= 4 is 16.3 Å². The summed E-state index contributed by atoms with van der Waals surface area (Å²) in [6, 6.07) is 9.25. The summed E-state index contributed by atoms with van der Waals surface area (Å²) in [7, 11) is -3.79. The van der Waals surface area contributed by atoms with E-state index < -0.39 is 10.4 Å². The van der Waals surface area contributed by atoms with Crippen molar-refractivity contribution in [2.75, 3.05) is 13.1 Å². The summed E-state index contributed by atoms with van der Waals surface area (Å²) in [4.78, 5) is 16.0. The van der Waals surface area contributed by atoms with E-state index in [2.05, 4.69) is 19.0 Å². The van der Waals surface area contributed by atoms with E-state index >= 15 is 0 Å². The van der Waals surface area contributed by atoms with E-state index in [9.17, 15) is 13.6 Å². The van der Waals surface area contributed by atoms with Crippen molar-refractivity contribution in [1.82, 2.24) is 24.1 Å². The molecule has 186 valence electrons. The van der Waals surface area contributed by atoms with Crippen molar-refractivity contribution < 1.29 is 18.1 Å². The van der Waals surface area contributed by atoms with Crippen LogP contribution in [0.25, 0.3) is 5.69 Å². The number of fused-ring (bicyclic) bond motifs is 1. The lowest BCUT2D eigenvalue weighted by molar-refractivity contribution is 0.0457. The van der Waals surface area contributed by atoms with E-state index in [1.54, 1.807) is 18.5 Å². The van der Waals surface area contributed by atoms with Crippen molar-refractivity contribution in [2.45, 2.75) is 64.4 Å². The minimum atomic E-state index is -3.79. The summed E-state index contributed by atoms with van der Waals surface area (Å²) in [6.07, 6.45) is 1.41. The van der Waals surface area contributed by atoms with Gasteiger partial charge in [-0.25, -0.2) is 4.68 Å². The number of rotatable bonds is 5. The topological polar surface area (TPSA) is 108 Å². The highest BCUT2D eigenvalue weighted by Gasteiger charge is 2.49. The zero-order chi connectivity index (χ0) is 25.1. The van der Waals surface area contributed by atoms with Gasteiger partial charge in [0.2, 0.25) is 4.90 Å². The number of benzene rings is 1. The maximum atomic E-state index is 14.0. The average molecular weight is 498 g/mol. The molecule has 3 atom stereocenters. The van der Waals surface area contributed by atoms with Crippen LogP contribution in [0, 0.1) is 26.7 Å². The quantitative estimate of drug-likeness (QED) is 0.493. The third-order valence-electron chi connectivity index (χ3n) is 7.09. The van der Waals surface area contributed by atoms with E-state index in [1.165, 1.54) is 4.31 Å². The van der Waals surface area contributed by atoms with Crippen LogP contribution >= 0.6 is 0 Å². The Morgan fingerprint density at radius 3 is 2.49 bits per heavy atom. The largest absolute Gasteiger partial charge is 0.593 e. The third-order valence-corrected chi connectivity index (χ3v) is 9.20. The number of para-hydroxylation sites is 1. The number of hydrogen-bond donors (Lipinski definition) is 0. The Labute approximate surface area is 206 Å².